The molecule has 1 aliphatic heterocycles. The van der Waals surface area contributed by atoms with Crippen molar-refractivity contribution < 1.29 is 28.8 Å². The van der Waals surface area contributed by atoms with Gasteiger partial charge in [0.05, 0.1) is 55.3 Å². The number of benzene rings is 2. The molecule has 0 amide bonds. The molecule has 0 radical (unpaired) electrons. The third-order valence-corrected chi connectivity index (χ3v) is 5.16. The zero-order valence-electron chi connectivity index (χ0n) is 18.2. The van der Waals surface area contributed by atoms with Gasteiger partial charge in [0.2, 0.25) is 5.78 Å². The maximum absolute atomic E-state index is 13.4. The topological polar surface area (TPSA) is 154 Å². The SMILES string of the molecule is CCOc1c(N)cc(OC)c2c1C(=O)C(c1[nH]c3c(OC)cc(N)c(OCC)c3c1O)=N2. The molecular formula is C22H24N4O6. The van der Waals surface area contributed by atoms with Crippen LogP contribution in [0.15, 0.2) is 17.1 Å². The first kappa shape index (κ1) is 21.2. The van der Waals surface area contributed by atoms with Gasteiger partial charge in [0.25, 0.3) is 0 Å². The van der Waals surface area contributed by atoms with E-state index in [4.69, 9.17) is 30.4 Å². The first-order valence-corrected chi connectivity index (χ1v) is 9.98. The molecule has 0 bridgehead atoms. The van der Waals surface area contributed by atoms with Gasteiger partial charge in [-0.25, -0.2) is 4.99 Å². The minimum absolute atomic E-state index is 0.0263. The molecule has 10 nitrogen and oxygen atoms in total. The normalized spacial score (nSPS) is 12.6. The van der Waals surface area contributed by atoms with Gasteiger partial charge in [-0.2, -0.15) is 0 Å². The predicted octanol–water partition coefficient (Wildman–Crippen LogP) is 3.17. The van der Waals surface area contributed by atoms with Crippen molar-refractivity contribution in [3.05, 3.63) is 23.4 Å². The van der Waals surface area contributed by atoms with Crippen LogP contribution in [0.25, 0.3) is 10.9 Å². The number of hydrogen-bond donors (Lipinski definition) is 4. The number of ketones is 1. The van der Waals surface area contributed by atoms with Crippen LogP contribution < -0.4 is 30.4 Å². The van der Waals surface area contributed by atoms with Crippen molar-refractivity contribution in [2.45, 2.75) is 13.8 Å². The number of carbonyl (C=O) groups excluding carboxylic acids is 1. The lowest BCUT2D eigenvalue weighted by Gasteiger charge is -2.13. The van der Waals surface area contributed by atoms with Crippen LogP contribution in [0.3, 0.4) is 0 Å². The number of anilines is 2. The first-order valence-electron chi connectivity index (χ1n) is 9.98. The molecular weight excluding hydrogens is 416 g/mol. The lowest BCUT2D eigenvalue weighted by Crippen LogP contribution is -2.14. The van der Waals surface area contributed by atoms with E-state index in [0.717, 1.165) is 0 Å². The van der Waals surface area contributed by atoms with Crippen LogP contribution in [0.4, 0.5) is 17.1 Å². The molecule has 0 saturated heterocycles. The van der Waals surface area contributed by atoms with E-state index in [1.165, 1.54) is 14.2 Å². The van der Waals surface area contributed by atoms with Crippen LogP contribution in [0.5, 0.6) is 28.7 Å². The number of hydrogen-bond acceptors (Lipinski definition) is 9. The van der Waals surface area contributed by atoms with Gasteiger partial charge in [0.15, 0.2) is 17.2 Å². The van der Waals surface area contributed by atoms with Crippen molar-refractivity contribution in [3.63, 3.8) is 0 Å². The quantitative estimate of drug-likeness (QED) is 0.408. The molecule has 0 saturated carbocycles. The molecule has 0 fully saturated rings. The highest BCUT2D eigenvalue weighted by Gasteiger charge is 2.36. The van der Waals surface area contributed by atoms with Crippen LogP contribution in [0.1, 0.15) is 29.9 Å². The van der Waals surface area contributed by atoms with Gasteiger partial charge in [-0.15, -0.1) is 0 Å². The standard InChI is InChI=1S/C22H24N4O6/c1-5-31-21-9(23)7-11(29-3)15-13(21)19(27)17(25-15)18-20(28)14-16(26-18)12(30-4)8-10(24)22(14)32-6-2/h7-8,25,27H,5-6,23-24H2,1-4H3. The largest absolute Gasteiger partial charge is 0.505 e. The third-order valence-electron chi connectivity index (χ3n) is 5.16. The van der Waals surface area contributed by atoms with Crippen LogP contribution >= 0.6 is 0 Å². The van der Waals surface area contributed by atoms with Crippen LogP contribution in [0, 0.1) is 0 Å². The second-order valence-electron chi connectivity index (χ2n) is 6.97. The fourth-order valence-corrected chi connectivity index (χ4v) is 3.83. The highest BCUT2D eigenvalue weighted by molar-refractivity contribution is 6.56. The number of nitrogens with two attached hydrogens (primary N) is 2. The van der Waals surface area contributed by atoms with Gasteiger partial charge in [0, 0.05) is 12.1 Å². The summed E-state index contributed by atoms with van der Waals surface area (Å²) >= 11 is 0. The molecule has 6 N–H and O–H groups in total. The highest BCUT2D eigenvalue weighted by Crippen LogP contribution is 2.49. The Bertz CT molecular complexity index is 1280. The van der Waals surface area contributed by atoms with Gasteiger partial charge in [0.1, 0.15) is 28.6 Å². The lowest BCUT2D eigenvalue weighted by molar-refractivity contribution is 0.106. The number of aromatic hydroxyl groups is 1. The summed E-state index contributed by atoms with van der Waals surface area (Å²) in [6, 6.07) is 3.13. The number of nitrogen functional groups attached to an aromatic ring is 2. The minimum Gasteiger partial charge on any atom is -0.505 e. The Hall–Kier alpha value is -4.08. The van der Waals surface area contributed by atoms with E-state index < -0.39 is 5.78 Å². The fourth-order valence-electron chi connectivity index (χ4n) is 3.83. The molecule has 1 aromatic heterocycles. The van der Waals surface area contributed by atoms with Crippen molar-refractivity contribution in [2.24, 2.45) is 4.99 Å². The number of rotatable bonds is 7. The number of aromatic nitrogens is 1. The Balaban J connectivity index is 1.97. The van der Waals surface area contributed by atoms with Gasteiger partial charge < -0.3 is 40.5 Å². The summed E-state index contributed by atoms with van der Waals surface area (Å²) in [5.74, 6) is 0.488. The van der Waals surface area contributed by atoms with Gasteiger partial charge in [-0.1, -0.05) is 0 Å². The monoisotopic (exact) mass is 440 g/mol. The van der Waals surface area contributed by atoms with Gasteiger partial charge >= 0.3 is 0 Å². The molecule has 0 spiro atoms. The molecule has 1 aliphatic rings. The summed E-state index contributed by atoms with van der Waals surface area (Å²) in [5, 5.41) is 11.4. The van der Waals surface area contributed by atoms with E-state index in [1.54, 1.807) is 26.0 Å². The average molecular weight is 440 g/mol. The van der Waals surface area contributed by atoms with Crippen LogP contribution in [0.2, 0.25) is 0 Å². The molecule has 32 heavy (non-hydrogen) atoms. The van der Waals surface area contributed by atoms with E-state index in [-0.39, 0.29) is 51.3 Å². The van der Waals surface area contributed by atoms with Crippen molar-refractivity contribution >= 4 is 39.5 Å². The number of carbonyl (C=O) groups is 1. The van der Waals surface area contributed by atoms with E-state index in [9.17, 15) is 9.90 Å². The maximum Gasteiger partial charge on any atom is 0.219 e. The molecule has 0 unspecified atom stereocenters. The Morgan fingerprint density at radius 1 is 1.00 bits per heavy atom. The maximum atomic E-state index is 13.4. The van der Waals surface area contributed by atoms with E-state index in [1.807, 2.05) is 0 Å². The molecule has 10 heteroatoms. The predicted molar refractivity (Wildman–Crippen MR) is 121 cm³/mol. The highest BCUT2D eigenvalue weighted by atomic mass is 16.5. The Morgan fingerprint density at radius 2 is 1.59 bits per heavy atom. The Kier molecular flexibility index (Phi) is 5.21. The Morgan fingerprint density at radius 3 is 2.22 bits per heavy atom. The summed E-state index contributed by atoms with van der Waals surface area (Å²) < 4.78 is 22.1. The molecule has 168 valence electrons. The molecule has 0 aliphatic carbocycles. The fraction of sp³-hybridized carbons (Fsp3) is 0.273. The van der Waals surface area contributed by atoms with Crippen LogP contribution in [-0.2, 0) is 0 Å². The number of aromatic amines is 1. The Labute approximate surface area is 183 Å². The number of methoxy groups -OCH3 is 2. The van der Waals surface area contributed by atoms with Gasteiger partial charge in [-0.05, 0) is 13.8 Å². The number of fused-ring (bicyclic) bond motifs is 2. The van der Waals surface area contributed by atoms with Gasteiger partial charge in [-0.3, -0.25) is 4.79 Å². The average Bonchev–Trinajstić information content (AvgIpc) is 3.29. The summed E-state index contributed by atoms with van der Waals surface area (Å²) in [6.45, 7) is 4.21. The zero-order chi connectivity index (χ0) is 23.2. The summed E-state index contributed by atoms with van der Waals surface area (Å²) in [4.78, 5) is 20.9. The number of aliphatic imine (C=N–C) groups is 1. The molecule has 0 atom stereocenters. The van der Waals surface area contributed by atoms with Crippen molar-refractivity contribution in [2.75, 3.05) is 38.9 Å². The molecule has 2 aromatic carbocycles. The number of ether oxygens (including phenoxy) is 4. The van der Waals surface area contributed by atoms with Crippen molar-refractivity contribution in [1.82, 2.24) is 4.98 Å². The molecule has 3 aromatic rings. The van der Waals surface area contributed by atoms with E-state index in [0.29, 0.717) is 35.6 Å². The molecule has 4 rings (SSSR count). The zero-order valence-corrected chi connectivity index (χ0v) is 18.2. The minimum atomic E-state index is -0.471. The third kappa shape index (κ3) is 2.95. The lowest BCUT2D eigenvalue weighted by atomic mass is 10.0. The number of H-pyrrole nitrogens is 1. The second kappa shape index (κ2) is 7.88. The van der Waals surface area contributed by atoms with Crippen LogP contribution in [-0.4, -0.2) is 49.0 Å². The van der Waals surface area contributed by atoms with Crippen molar-refractivity contribution in [3.8, 4) is 28.7 Å². The van der Waals surface area contributed by atoms with Crippen molar-refractivity contribution in [1.29, 1.82) is 0 Å². The number of nitrogens with zero attached hydrogens (tertiary/aromatic N) is 1. The van der Waals surface area contributed by atoms with E-state index in [2.05, 4.69) is 9.98 Å². The summed E-state index contributed by atoms with van der Waals surface area (Å²) in [5.41, 5.74) is 13.7. The smallest absolute Gasteiger partial charge is 0.219 e. The summed E-state index contributed by atoms with van der Waals surface area (Å²) in [6.07, 6.45) is 0. The van der Waals surface area contributed by atoms with E-state index >= 15 is 0 Å². The number of nitrogens with one attached hydrogen (secondary N) is 1. The number of Topliss-reactive ketones (excluding diaryl/α,β-unsaturated/α-hetero) is 1. The first-order chi connectivity index (χ1) is 15.4. The second-order valence-corrected chi connectivity index (χ2v) is 6.97. The summed E-state index contributed by atoms with van der Waals surface area (Å²) in [7, 11) is 2.93. The molecule has 2 heterocycles.